The van der Waals surface area contributed by atoms with Gasteiger partial charge in [-0.3, -0.25) is 0 Å². The van der Waals surface area contributed by atoms with E-state index in [0.717, 1.165) is 15.0 Å². The summed E-state index contributed by atoms with van der Waals surface area (Å²) in [6, 6.07) is 14.4. The third-order valence-electron chi connectivity index (χ3n) is 5.13. The van der Waals surface area contributed by atoms with Crippen molar-refractivity contribution >= 4 is 21.4 Å². The van der Waals surface area contributed by atoms with Crippen molar-refractivity contribution < 1.29 is 29.6 Å². The molecule has 0 spiro atoms. The molecule has 0 aliphatic carbocycles. The first-order chi connectivity index (χ1) is 13.5. The molecule has 2 aromatic carbocycles. The third-order valence-corrected chi connectivity index (χ3v) is 6.25. The molecular formula is C21H21FO5S. The second-order valence-electron chi connectivity index (χ2n) is 7.03. The largest absolute Gasteiger partial charge is 0.394 e. The second kappa shape index (κ2) is 7.87. The molecule has 28 heavy (non-hydrogen) atoms. The summed E-state index contributed by atoms with van der Waals surface area (Å²) >= 11 is 1.59. The minimum absolute atomic E-state index is 0.370. The Balaban J connectivity index is 1.63. The molecule has 3 aromatic rings. The predicted octanol–water partition coefficient (Wildman–Crippen LogP) is 2.15. The first-order valence-electron chi connectivity index (χ1n) is 9.04. The van der Waals surface area contributed by atoms with E-state index in [1.165, 1.54) is 12.1 Å². The zero-order valence-electron chi connectivity index (χ0n) is 14.9. The highest BCUT2D eigenvalue weighted by Gasteiger charge is 2.44. The highest BCUT2D eigenvalue weighted by atomic mass is 32.1. The summed E-state index contributed by atoms with van der Waals surface area (Å²) in [5.41, 5.74) is 0.926. The Morgan fingerprint density at radius 1 is 0.964 bits per heavy atom. The molecule has 2 unspecified atom stereocenters. The molecule has 0 amide bonds. The third kappa shape index (κ3) is 3.57. The number of hydrogen-bond acceptors (Lipinski definition) is 6. The van der Waals surface area contributed by atoms with Crippen molar-refractivity contribution in [3.8, 4) is 0 Å². The van der Waals surface area contributed by atoms with E-state index >= 15 is 0 Å². The zero-order chi connectivity index (χ0) is 19.8. The molecular weight excluding hydrogens is 383 g/mol. The van der Waals surface area contributed by atoms with Gasteiger partial charge in [-0.1, -0.05) is 24.3 Å². The van der Waals surface area contributed by atoms with E-state index in [-0.39, 0.29) is 5.82 Å². The summed E-state index contributed by atoms with van der Waals surface area (Å²) < 4.78 is 21.1. The average molecular weight is 404 g/mol. The lowest BCUT2D eigenvalue weighted by molar-refractivity contribution is -0.231. The molecule has 4 rings (SSSR count). The predicted molar refractivity (Wildman–Crippen MR) is 104 cm³/mol. The van der Waals surface area contributed by atoms with Gasteiger partial charge in [-0.05, 0) is 40.8 Å². The molecule has 7 heteroatoms. The standard InChI is InChI=1S/C21H21FO5S/c22-15-6-5-12(21-20(26)19(25)18(24)16(10-23)27-21)7-13(15)9-14-8-11-3-1-2-4-17(11)28-14/h1-8,16,18-21,23-26H,9-10H2/t16?,18-,19?,20+,21+/m1/s1. The van der Waals surface area contributed by atoms with E-state index in [0.29, 0.717) is 17.5 Å². The van der Waals surface area contributed by atoms with Gasteiger partial charge in [0.05, 0.1) is 6.61 Å². The van der Waals surface area contributed by atoms with Gasteiger partial charge in [0.15, 0.2) is 0 Å². The lowest BCUT2D eigenvalue weighted by atomic mass is 9.90. The maximum absolute atomic E-state index is 14.4. The van der Waals surface area contributed by atoms with Gasteiger partial charge in [-0.2, -0.15) is 0 Å². The Bertz CT molecular complexity index is 939. The molecule has 4 N–H and O–H groups in total. The number of thiophene rings is 1. The molecule has 0 bridgehead atoms. The Labute approximate surface area is 165 Å². The monoisotopic (exact) mass is 404 g/mol. The van der Waals surface area contributed by atoms with Crippen LogP contribution in [0.5, 0.6) is 0 Å². The van der Waals surface area contributed by atoms with Gasteiger partial charge in [0, 0.05) is 16.0 Å². The number of halogens is 1. The normalized spacial score (nSPS) is 28.0. The summed E-state index contributed by atoms with van der Waals surface area (Å²) in [6.45, 7) is -0.503. The molecule has 1 aromatic heterocycles. The highest BCUT2D eigenvalue weighted by molar-refractivity contribution is 7.19. The summed E-state index contributed by atoms with van der Waals surface area (Å²) in [7, 11) is 0. The molecule has 0 radical (unpaired) electrons. The Morgan fingerprint density at radius 3 is 2.50 bits per heavy atom. The fraction of sp³-hybridized carbons (Fsp3) is 0.333. The molecule has 0 saturated carbocycles. The smallest absolute Gasteiger partial charge is 0.126 e. The van der Waals surface area contributed by atoms with Crippen molar-refractivity contribution in [2.45, 2.75) is 36.9 Å². The number of aliphatic hydroxyl groups excluding tert-OH is 4. The number of ether oxygens (including phenoxy) is 1. The first kappa shape index (κ1) is 19.4. The Kier molecular flexibility index (Phi) is 5.46. The highest BCUT2D eigenvalue weighted by Crippen LogP contribution is 2.34. The minimum atomic E-state index is -1.47. The van der Waals surface area contributed by atoms with Crippen LogP contribution in [0.15, 0.2) is 48.5 Å². The van der Waals surface area contributed by atoms with Gasteiger partial charge in [-0.25, -0.2) is 4.39 Å². The second-order valence-corrected chi connectivity index (χ2v) is 8.20. The van der Waals surface area contributed by atoms with Crippen LogP contribution < -0.4 is 0 Å². The lowest BCUT2D eigenvalue weighted by Gasteiger charge is -2.40. The van der Waals surface area contributed by atoms with Crippen LogP contribution in [0.3, 0.4) is 0 Å². The van der Waals surface area contributed by atoms with Gasteiger partial charge in [-0.15, -0.1) is 11.3 Å². The quantitative estimate of drug-likeness (QED) is 0.535. The summed E-state index contributed by atoms with van der Waals surface area (Å²) in [4.78, 5) is 1.01. The van der Waals surface area contributed by atoms with Crippen LogP contribution in [0.2, 0.25) is 0 Å². The number of rotatable bonds is 4. The summed E-state index contributed by atoms with van der Waals surface area (Å²) in [5.74, 6) is -0.370. The van der Waals surface area contributed by atoms with E-state index in [1.54, 1.807) is 17.4 Å². The van der Waals surface area contributed by atoms with E-state index in [4.69, 9.17) is 4.74 Å². The first-order valence-corrected chi connectivity index (χ1v) is 9.86. The van der Waals surface area contributed by atoms with Crippen LogP contribution >= 0.6 is 11.3 Å². The fourth-order valence-electron chi connectivity index (χ4n) is 3.60. The maximum Gasteiger partial charge on any atom is 0.126 e. The van der Waals surface area contributed by atoms with Crippen molar-refractivity contribution in [2.75, 3.05) is 6.61 Å². The molecule has 1 aliphatic heterocycles. The van der Waals surface area contributed by atoms with Crippen LogP contribution in [-0.4, -0.2) is 51.4 Å². The minimum Gasteiger partial charge on any atom is -0.394 e. The maximum atomic E-state index is 14.4. The summed E-state index contributed by atoms with van der Waals surface area (Å²) in [5, 5.41) is 40.7. The van der Waals surface area contributed by atoms with Crippen LogP contribution in [0, 0.1) is 5.82 Å². The van der Waals surface area contributed by atoms with E-state index in [1.807, 2.05) is 30.3 Å². The van der Waals surface area contributed by atoms with E-state index in [2.05, 4.69) is 0 Å². The Morgan fingerprint density at radius 2 is 1.75 bits per heavy atom. The van der Waals surface area contributed by atoms with Crippen molar-refractivity contribution in [3.05, 3.63) is 70.4 Å². The van der Waals surface area contributed by atoms with Crippen molar-refractivity contribution in [2.24, 2.45) is 0 Å². The van der Waals surface area contributed by atoms with Crippen LogP contribution in [0.4, 0.5) is 4.39 Å². The van der Waals surface area contributed by atoms with Crippen molar-refractivity contribution in [1.82, 2.24) is 0 Å². The van der Waals surface area contributed by atoms with Gasteiger partial charge >= 0.3 is 0 Å². The summed E-state index contributed by atoms with van der Waals surface area (Å²) in [6.07, 6.45) is -5.87. The van der Waals surface area contributed by atoms with Gasteiger partial charge in [0.1, 0.15) is 36.3 Å². The van der Waals surface area contributed by atoms with Crippen LogP contribution in [0.25, 0.3) is 10.1 Å². The van der Waals surface area contributed by atoms with Crippen LogP contribution in [-0.2, 0) is 11.2 Å². The molecule has 1 fully saturated rings. The molecule has 5 atom stereocenters. The number of aliphatic hydroxyl groups is 4. The zero-order valence-corrected chi connectivity index (χ0v) is 15.7. The fourth-order valence-corrected chi connectivity index (χ4v) is 4.68. The molecule has 1 aliphatic rings. The lowest BCUT2D eigenvalue weighted by Crippen LogP contribution is -2.55. The number of fused-ring (bicyclic) bond motifs is 1. The Hall–Kier alpha value is -1.87. The van der Waals surface area contributed by atoms with E-state index in [9.17, 15) is 24.8 Å². The van der Waals surface area contributed by atoms with Crippen molar-refractivity contribution in [3.63, 3.8) is 0 Å². The SMILES string of the molecule is OCC1O[C@@H](c2ccc(F)c(Cc3cc4ccccc4s3)c2)[C@@H](O)C(O)[C@@H]1O. The van der Waals surface area contributed by atoms with Gasteiger partial charge in [0.2, 0.25) is 0 Å². The number of hydrogen-bond donors (Lipinski definition) is 4. The average Bonchev–Trinajstić information content (AvgIpc) is 3.11. The van der Waals surface area contributed by atoms with Crippen molar-refractivity contribution in [1.29, 1.82) is 0 Å². The molecule has 2 heterocycles. The van der Waals surface area contributed by atoms with Gasteiger partial charge in [0.25, 0.3) is 0 Å². The molecule has 148 valence electrons. The van der Waals surface area contributed by atoms with Gasteiger partial charge < -0.3 is 25.2 Å². The molecule has 5 nitrogen and oxygen atoms in total. The topological polar surface area (TPSA) is 90.2 Å². The molecule has 1 saturated heterocycles. The number of benzene rings is 2. The van der Waals surface area contributed by atoms with Crippen LogP contribution in [0.1, 0.15) is 22.1 Å². The van der Waals surface area contributed by atoms with E-state index < -0.39 is 37.1 Å².